The molecule has 10 heteroatoms. The summed E-state index contributed by atoms with van der Waals surface area (Å²) in [7, 11) is 1.54. The van der Waals surface area contributed by atoms with Gasteiger partial charge in [0, 0.05) is 13.1 Å². The number of rotatable bonds is 3. The van der Waals surface area contributed by atoms with Crippen LogP contribution in [-0.4, -0.2) is 24.1 Å². The van der Waals surface area contributed by atoms with Crippen molar-refractivity contribution in [3.05, 3.63) is 32.3 Å². The summed E-state index contributed by atoms with van der Waals surface area (Å²) in [5.74, 6) is -1.79. The van der Waals surface area contributed by atoms with Gasteiger partial charge in [-0.1, -0.05) is 30.9 Å². The molecule has 3 N–H and O–H groups in total. The van der Waals surface area contributed by atoms with Crippen LogP contribution in [0.3, 0.4) is 0 Å². The first kappa shape index (κ1) is 22.0. The molecule has 0 spiro atoms. The van der Waals surface area contributed by atoms with E-state index >= 15 is 0 Å². The molecular weight excluding hydrogens is 375 g/mol. The number of hydrogen-bond donors (Lipinski definition) is 2. The van der Waals surface area contributed by atoms with Crippen LogP contribution in [0, 0.1) is 23.0 Å². The van der Waals surface area contributed by atoms with Gasteiger partial charge >= 0.3 is 6.18 Å². The molecule has 1 saturated carbocycles. The highest BCUT2D eigenvalue weighted by atomic mass is 35.5. The third kappa shape index (κ3) is 5.48. The van der Waals surface area contributed by atoms with Crippen molar-refractivity contribution in [2.24, 2.45) is 11.7 Å². The number of alkyl halides is 3. The molecule has 0 saturated heterocycles. The van der Waals surface area contributed by atoms with Crippen molar-refractivity contribution < 1.29 is 22.9 Å². The van der Waals surface area contributed by atoms with Gasteiger partial charge in [-0.05, 0) is 25.3 Å². The van der Waals surface area contributed by atoms with E-state index in [2.05, 4.69) is 5.32 Å². The van der Waals surface area contributed by atoms with E-state index in [9.17, 15) is 28.1 Å². The molecule has 1 fully saturated rings. The van der Waals surface area contributed by atoms with Gasteiger partial charge in [-0.2, -0.15) is 13.2 Å². The number of nitro groups is 1. The molecule has 26 heavy (non-hydrogen) atoms. The maximum atomic E-state index is 11.9. The number of nitrogens with one attached hydrogen (secondary N) is 1. The fraction of sp³-hybridized carbons (Fsp3) is 0.562. The SMILES string of the molecule is CNc1c([N+](=O)[O-])cc(C(N)=O)c(Cl)c1C.FC(F)(F)C1CCCCC1. The van der Waals surface area contributed by atoms with Crippen LogP contribution in [0.2, 0.25) is 5.02 Å². The highest BCUT2D eigenvalue weighted by Gasteiger charge is 2.39. The number of hydrogen-bond acceptors (Lipinski definition) is 4. The van der Waals surface area contributed by atoms with Crippen molar-refractivity contribution in [2.45, 2.75) is 45.2 Å². The molecule has 1 aromatic rings. The zero-order valence-electron chi connectivity index (χ0n) is 14.5. The summed E-state index contributed by atoms with van der Waals surface area (Å²) in [6.45, 7) is 1.58. The van der Waals surface area contributed by atoms with Crippen LogP contribution in [0.5, 0.6) is 0 Å². The summed E-state index contributed by atoms with van der Waals surface area (Å²) in [5.41, 5.74) is 5.50. The number of anilines is 1. The van der Waals surface area contributed by atoms with Gasteiger partial charge in [-0.15, -0.1) is 0 Å². The molecule has 0 atom stereocenters. The Morgan fingerprint density at radius 2 is 1.88 bits per heavy atom. The third-order valence-electron chi connectivity index (χ3n) is 4.26. The zero-order chi connectivity index (χ0) is 20.1. The average Bonchev–Trinajstić information content (AvgIpc) is 2.57. The van der Waals surface area contributed by atoms with Gasteiger partial charge in [0.05, 0.1) is 21.4 Å². The van der Waals surface area contributed by atoms with Crippen LogP contribution < -0.4 is 11.1 Å². The number of primary amides is 1. The Hall–Kier alpha value is -2.03. The lowest BCUT2D eigenvalue weighted by molar-refractivity contribution is -0.384. The molecule has 0 unspecified atom stereocenters. The lowest BCUT2D eigenvalue weighted by atomic mass is 9.89. The Bertz CT molecular complexity index is 675. The Balaban J connectivity index is 0.000000289. The number of carbonyl (C=O) groups excluding carboxylic acids is 1. The summed E-state index contributed by atoms with van der Waals surface area (Å²) in [5, 5.41) is 13.6. The molecule has 0 heterocycles. The number of nitrogens with two attached hydrogens (primary N) is 1. The van der Waals surface area contributed by atoms with Gasteiger partial charge in [-0.25, -0.2) is 0 Å². The Kier molecular flexibility index (Phi) is 7.68. The zero-order valence-corrected chi connectivity index (χ0v) is 15.2. The fourth-order valence-electron chi connectivity index (χ4n) is 2.84. The van der Waals surface area contributed by atoms with E-state index in [0.717, 1.165) is 25.3 Å². The molecule has 0 aliphatic heterocycles. The van der Waals surface area contributed by atoms with Crippen LogP contribution >= 0.6 is 11.6 Å². The van der Waals surface area contributed by atoms with Crippen LogP contribution in [0.4, 0.5) is 24.5 Å². The van der Waals surface area contributed by atoms with Crippen LogP contribution in [0.15, 0.2) is 6.07 Å². The minimum atomic E-state index is -3.93. The van der Waals surface area contributed by atoms with E-state index < -0.39 is 22.9 Å². The molecular formula is C16H21ClF3N3O3. The summed E-state index contributed by atoms with van der Waals surface area (Å²) < 4.78 is 35.8. The summed E-state index contributed by atoms with van der Waals surface area (Å²) in [6, 6.07) is 1.07. The highest BCUT2D eigenvalue weighted by molar-refractivity contribution is 6.35. The maximum absolute atomic E-state index is 11.9. The third-order valence-corrected chi connectivity index (χ3v) is 4.75. The minimum absolute atomic E-state index is 0.0510. The Morgan fingerprint density at radius 3 is 2.23 bits per heavy atom. The molecule has 1 amide bonds. The molecule has 0 aromatic heterocycles. The summed E-state index contributed by atoms with van der Waals surface area (Å²) in [6.07, 6.45) is -0.742. The average molecular weight is 396 g/mol. The number of amides is 1. The van der Waals surface area contributed by atoms with Crippen LogP contribution in [-0.2, 0) is 0 Å². The van der Waals surface area contributed by atoms with E-state index in [0.29, 0.717) is 18.4 Å². The van der Waals surface area contributed by atoms with Crippen molar-refractivity contribution in [1.29, 1.82) is 0 Å². The van der Waals surface area contributed by atoms with Gasteiger partial charge in [0.25, 0.3) is 5.69 Å². The second kappa shape index (κ2) is 9.07. The largest absolute Gasteiger partial charge is 0.391 e. The summed E-state index contributed by atoms with van der Waals surface area (Å²) >= 11 is 5.89. The lowest BCUT2D eigenvalue weighted by Gasteiger charge is -2.23. The maximum Gasteiger partial charge on any atom is 0.391 e. The van der Waals surface area contributed by atoms with E-state index in [-0.39, 0.29) is 22.0 Å². The number of carbonyl (C=O) groups is 1. The van der Waals surface area contributed by atoms with Crippen molar-refractivity contribution in [1.82, 2.24) is 0 Å². The molecule has 2 rings (SSSR count). The van der Waals surface area contributed by atoms with Crippen molar-refractivity contribution in [3.63, 3.8) is 0 Å². The monoisotopic (exact) mass is 395 g/mol. The quantitative estimate of drug-likeness (QED) is 0.565. The van der Waals surface area contributed by atoms with E-state index in [1.165, 1.54) is 7.05 Å². The topological polar surface area (TPSA) is 98.3 Å². The Labute approximate surface area is 154 Å². The second-order valence-corrected chi connectivity index (χ2v) is 6.38. The first-order valence-electron chi connectivity index (χ1n) is 8.02. The number of benzene rings is 1. The van der Waals surface area contributed by atoms with Gasteiger partial charge in [-0.3, -0.25) is 14.9 Å². The van der Waals surface area contributed by atoms with Crippen molar-refractivity contribution >= 4 is 28.9 Å². The van der Waals surface area contributed by atoms with E-state index in [1.54, 1.807) is 6.92 Å². The fourth-order valence-corrected chi connectivity index (χ4v) is 3.09. The van der Waals surface area contributed by atoms with E-state index in [1.807, 2.05) is 0 Å². The lowest BCUT2D eigenvalue weighted by Crippen LogP contribution is -2.24. The molecule has 6 nitrogen and oxygen atoms in total. The number of halogens is 4. The van der Waals surface area contributed by atoms with Crippen LogP contribution in [0.1, 0.15) is 48.0 Å². The normalized spacial score (nSPS) is 15.0. The number of nitro benzene ring substituents is 1. The molecule has 146 valence electrons. The number of nitrogens with zero attached hydrogens (tertiary/aromatic N) is 1. The Morgan fingerprint density at radius 1 is 1.35 bits per heavy atom. The van der Waals surface area contributed by atoms with Gasteiger partial charge in [0.1, 0.15) is 5.69 Å². The standard InChI is InChI=1S/C9H10ClN3O3.C7H11F3/c1-4-7(10)5(9(11)14)3-6(13(15)16)8(4)12-2;8-7(9,10)6-4-2-1-3-5-6/h3,12H,1-2H3,(H2,11,14);6H,1-5H2. The van der Waals surface area contributed by atoms with Crippen molar-refractivity contribution in [2.75, 3.05) is 12.4 Å². The van der Waals surface area contributed by atoms with E-state index in [4.69, 9.17) is 17.3 Å². The van der Waals surface area contributed by atoms with Crippen LogP contribution in [0.25, 0.3) is 0 Å². The molecule has 1 aliphatic carbocycles. The first-order chi connectivity index (χ1) is 12.0. The van der Waals surface area contributed by atoms with Gasteiger partial charge in [0.2, 0.25) is 5.91 Å². The predicted molar refractivity (Wildman–Crippen MR) is 93.5 cm³/mol. The molecule has 1 aromatic carbocycles. The predicted octanol–water partition coefficient (Wildman–Crippen LogP) is 4.83. The summed E-state index contributed by atoms with van der Waals surface area (Å²) in [4.78, 5) is 21.2. The first-order valence-corrected chi connectivity index (χ1v) is 8.40. The van der Waals surface area contributed by atoms with Crippen molar-refractivity contribution in [3.8, 4) is 0 Å². The van der Waals surface area contributed by atoms with Gasteiger partial charge in [0.15, 0.2) is 0 Å². The highest BCUT2D eigenvalue weighted by Crippen LogP contribution is 2.37. The van der Waals surface area contributed by atoms with Gasteiger partial charge < -0.3 is 11.1 Å². The smallest absolute Gasteiger partial charge is 0.382 e. The molecule has 1 aliphatic rings. The minimum Gasteiger partial charge on any atom is -0.382 e. The molecule has 0 bridgehead atoms. The second-order valence-electron chi connectivity index (χ2n) is 6.01. The molecule has 0 radical (unpaired) electrons.